The van der Waals surface area contributed by atoms with Crippen molar-refractivity contribution in [3.05, 3.63) is 70.8 Å². The molecule has 0 aliphatic heterocycles. The third-order valence-electron chi connectivity index (χ3n) is 2.87. The molecule has 4 heteroatoms. The van der Waals surface area contributed by atoms with Crippen molar-refractivity contribution in [3.8, 4) is 0 Å². The number of hydrogen-bond acceptors (Lipinski definition) is 2. The molecule has 0 atom stereocenters. The summed E-state index contributed by atoms with van der Waals surface area (Å²) in [4.78, 5) is 8.84. The van der Waals surface area contributed by atoms with Crippen LogP contribution in [0.3, 0.4) is 0 Å². The minimum Gasteiger partial charge on any atom is -0.253 e. The van der Waals surface area contributed by atoms with Gasteiger partial charge in [0.1, 0.15) is 5.82 Å². The molecule has 0 unspecified atom stereocenters. The highest BCUT2D eigenvalue weighted by atomic mass is 35.5. The molecule has 0 saturated carbocycles. The largest absolute Gasteiger partial charge is 0.253 e. The van der Waals surface area contributed by atoms with Crippen molar-refractivity contribution >= 4 is 22.6 Å². The first-order valence-corrected chi connectivity index (χ1v) is 6.25. The summed E-state index contributed by atoms with van der Waals surface area (Å²) in [6.45, 7) is 0. The van der Waals surface area contributed by atoms with Crippen LogP contribution in [-0.2, 0) is 6.42 Å². The second-order valence-electron chi connectivity index (χ2n) is 4.28. The summed E-state index contributed by atoms with van der Waals surface area (Å²) in [5, 5.41) is 0.133. The lowest BCUT2D eigenvalue weighted by atomic mass is 10.1. The Morgan fingerprint density at radius 1 is 1.05 bits per heavy atom. The Kier molecular flexibility index (Phi) is 3.13. The highest BCUT2D eigenvalue weighted by Gasteiger charge is 2.04. The molecule has 2 nitrogen and oxygen atoms in total. The molecule has 19 heavy (non-hydrogen) atoms. The molecule has 3 rings (SSSR count). The minimum absolute atomic E-state index is 0.133. The van der Waals surface area contributed by atoms with Gasteiger partial charge in [-0.15, -0.1) is 0 Å². The monoisotopic (exact) mass is 272 g/mol. The molecule has 1 aromatic heterocycles. The second kappa shape index (κ2) is 4.94. The Labute approximate surface area is 114 Å². The average Bonchev–Trinajstić information content (AvgIpc) is 2.43. The normalized spacial score (nSPS) is 10.8. The van der Waals surface area contributed by atoms with Crippen LogP contribution in [0.15, 0.2) is 48.7 Å². The Bertz CT molecular complexity index is 743. The number of benzene rings is 2. The van der Waals surface area contributed by atoms with E-state index in [0.717, 1.165) is 22.3 Å². The number of nitrogens with zero attached hydrogens (tertiary/aromatic N) is 2. The summed E-state index contributed by atoms with van der Waals surface area (Å²) in [5.74, 6) is -0.409. The maximum atomic E-state index is 13.4. The van der Waals surface area contributed by atoms with Crippen LogP contribution in [0.5, 0.6) is 0 Å². The molecule has 0 radical (unpaired) electrons. The first-order valence-electron chi connectivity index (χ1n) is 5.87. The lowest BCUT2D eigenvalue weighted by Crippen LogP contribution is -1.95. The molecule has 0 amide bonds. The van der Waals surface area contributed by atoms with E-state index in [1.54, 1.807) is 18.3 Å². The molecule has 0 aliphatic rings. The van der Waals surface area contributed by atoms with Crippen molar-refractivity contribution < 1.29 is 4.39 Å². The molecule has 0 fully saturated rings. The highest BCUT2D eigenvalue weighted by Crippen LogP contribution is 2.18. The molecule has 0 N–H and O–H groups in total. The SMILES string of the molecule is Fc1cc(Cc2cnc3ccccc3n2)ccc1Cl. The van der Waals surface area contributed by atoms with E-state index in [1.807, 2.05) is 24.3 Å². The number of aromatic nitrogens is 2. The smallest absolute Gasteiger partial charge is 0.142 e. The van der Waals surface area contributed by atoms with E-state index in [2.05, 4.69) is 9.97 Å². The molecule has 1 heterocycles. The van der Waals surface area contributed by atoms with Crippen LogP contribution in [0.4, 0.5) is 4.39 Å². The van der Waals surface area contributed by atoms with Gasteiger partial charge in [-0.3, -0.25) is 4.98 Å². The van der Waals surface area contributed by atoms with Crippen LogP contribution in [0, 0.1) is 5.82 Å². The summed E-state index contributed by atoms with van der Waals surface area (Å²) in [6, 6.07) is 12.4. The Balaban J connectivity index is 1.94. The van der Waals surface area contributed by atoms with Crippen LogP contribution in [0.25, 0.3) is 11.0 Å². The Morgan fingerprint density at radius 2 is 1.84 bits per heavy atom. The summed E-state index contributed by atoms with van der Waals surface area (Å²) in [6.07, 6.45) is 2.25. The van der Waals surface area contributed by atoms with Crippen LogP contribution < -0.4 is 0 Å². The standard InChI is InChI=1S/C15H10ClFN2/c16-12-6-5-10(8-13(12)17)7-11-9-18-14-3-1-2-4-15(14)19-11/h1-6,8-9H,7H2. The first kappa shape index (κ1) is 12.1. The fourth-order valence-electron chi connectivity index (χ4n) is 1.94. The van der Waals surface area contributed by atoms with E-state index < -0.39 is 5.82 Å². The van der Waals surface area contributed by atoms with E-state index >= 15 is 0 Å². The molecule has 3 aromatic rings. The van der Waals surface area contributed by atoms with Crippen molar-refractivity contribution in [1.82, 2.24) is 9.97 Å². The topological polar surface area (TPSA) is 25.8 Å². The number of para-hydroxylation sites is 2. The molecule has 0 aliphatic carbocycles. The molecule has 0 spiro atoms. The fraction of sp³-hybridized carbons (Fsp3) is 0.0667. The third-order valence-corrected chi connectivity index (χ3v) is 3.17. The van der Waals surface area contributed by atoms with Crippen molar-refractivity contribution in [2.24, 2.45) is 0 Å². The number of fused-ring (bicyclic) bond motifs is 1. The summed E-state index contributed by atoms with van der Waals surface area (Å²) in [7, 11) is 0. The van der Waals surface area contributed by atoms with Crippen molar-refractivity contribution in [1.29, 1.82) is 0 Å². The zero-order valence-corrected chi connectivity index (χ0v) is 10.7. The maximum absolute atomic E-state index is 13.4. The predicted molar refractivity (Wildman–Crippen MR) is 73.8 cm³/mol. The van der Waals surface area contributed by atoms with Crippen molar-refractivity contribution in [3.63, 3.8) is 0 Å². The van der Waals surface area contributed by atoms with Gasteiger partial charge in [0.15, 0.2) is 0 Å². The first-order chi connectivity index (χ1) is 9.22. The Hall–Kier alpha value is -2.00. The van der Waals surface area contributed by atoms with E-state index in [-0.39, 0.29) is 5.02 Å². The van der Waals surface area contributed by atoms with Gasteiger partial charge in [-0.1, -0.05) is 29.8 Å². The zero-order chi connectivity index (χ0) is 13.2. The fourth-order valence-corrected chi connectivity index (χ4v) is 2.06. The Morgan fingerprint density at radius 3 is 2.63 bits per heavy atom. The van der Waals surface area contributed by atoms with Gasteiger partial charge in [-0.2, -0.15) is 0 Å². The summed E-state index contributed by atoms with van der Waals surface area (Å²) < 4.78 is 13.4. The van der Waals surface area contributed by atoms with Gasteiger partial charge in [0.25, 0.3) is 0 Å². The van der Waals surface area contributed by atoms with Crippen LogP contribution in [0.2, 0.25) is 5.02 Å². The number of halogens is 2. The number of hydrogen-bond donors (Lipinski definition) is 0. The van der Waals surface area contributed by atoms with E-state index in [4.69, 9.17) is 11.6 Å². The molecular weight excluding hydrogens is 263 g/mol. The molecule has 0 bridgehead atoms. The quantitative estimate of drug-likeness (QED) is 0.704. The van der Waals surface area contributed by atoms with Gasteiger partial charge in [0.05, 0.1) is 21.7 Å². The van der Waals surface area contributed by atoms with Gasteiger partial charge in [0, 0.05) is 12.6 Å². The molecule has 0 saturated heterocycles. The molecule has 94 valence electrons. The lowest BCUT2D eigenvalue weighted by Gasteiger charge is -2.03. The van der Waals surface area contributed by atoms with Gasteiger partial charge < -0.3 is 0 Å². The second-order valence-corrected chi connectivity index (χ2v) is 4.68. The van der Waals surface area contributed by atoms with E-state index in [1.165, 1.54) is 6.07 Å². The third kappa shape index (κ3) is 2.56. The summed E-state index contributed by atoms with van der Waals surface area (Å²) in [5.41, 5.74) is 3.33. The lowest BCUT2D eigenvalue weighted by molar-refractivity contribution is 0.626. The zero-order valence-electron chi connectivity index (χ0n) is 9.98. The van der Waals surface area contributed by atoms with Crippen LogP contribution in [0.1, 0.15) is 11.3 Å². The van der Waals surface area contributed by atoms with Gasteiger partial charge in [-0.25, -0.2) is 9.37 Å². The van der Waals surface area contributed by atoms with E-state index in [0.29, 0.717) is 6.42 Å². The highest BCUT2D eigenvalue weighted by molar-refractivity contribution is 6.30. The van der Waals surface area contributed by atoms with Gasteiger partial charge in [-0.05, 0) is 29.8 Å². The van der Waals surface area contributed by atoms with Crippen LogP contribution in [-0.4, -0.2) is 9.97 Å². The van der Waals surface area contributed by atoms with Crippen LogP contribution >= 0.6 is 11.6 Å². The molecule has 2 aromatic carbocycles. The maximum Gasteiger partial charge on any atom is 0.142 e. The van der Waals surface area contributed by atoms with Crippen molar-refractivity contribution in [2.75, 3.05) is 0 Å². The van der Waals surface area contributed by atoms with E-state index in [9.17, 15) is 4.39 Å². The minimum atomic E-state index is -0.409. The predicted octanol–water partition coefficient (Wildman–Crippen LogP) is 4.01. The van der Waals surface area contributed by atoms with Gasteiger partial charge >= 0.3 is 0 Å². The summed E-state index contributed by atoms with van der Waals surface area (Å²) >= 11 is 5.66. The number of rotatable bonds is 2. The average molecular weight is 273 g/mol. The molecular formula is C15H10ClFN2. The van der Waals surface area contributed by atoms with Crippen molar-refractivity contribution in [2.45, 2.75) is 6.42 Å². The van der Waals surface area contributed by atoms with Gasteiger partial charge in [0.2, 0.25) is 0 Å².